The highest BCUT2D eigenvalue weighted by molar-refractivity contribution is 7.59. The molecule has 2 aromatic carbocycles. The number of nitrogens with one attached hydrogen (secondary N) is 1. The van der Waals surface area contributed by atoms with Crippen molar-refractivity contribution < 1.29 is 23.5 Å². The maximum absolute atomic E-state index is 13.2. The van der Waals surface area contributed by atoms with Gasteiger partial charge in [0, 0.05) is 53.5 Å². The molecule has 3 fully saturated rings. The van der Waals surface area contributed by atoms with Crippen LogP contribution in [0.15, 0.2) is 36.4 Å². The summed E-state index contributed by atoms with van der Waals surface area (Å²) in [7, 11) is 0. The molecule has 0 saturated carbocycles. The van der Waals surface area contributed by atoms with Gasteiger partial charge in [0.25, 0.3) is 17.7 Å². The fourth-order valence-electron chi connectivity index (χ4n) is 5.47. The molecule has 2 N–H and O–H groups in total. The fraction of sp³-hybridized carbons (Fsp3) is 0.481. The van der Waals surface area contributed by atoms with Crippen molar-refractivity contribution in [3.63, 3.8) is 0 Å². The van der Waals surface area contributed by atoms with Crippen LogP contribution in [0, 0.1) is 0 Å². The zero-order valence-corrected chi connectivity index (χ0v) is 25.0. The maximum Gasteiger partial charge on any atom is 0.282 e. The van der Waals surface area contributed by atoms with Crippen molar-refractivity contribution in [1.29, 1.82) is 0 Å². The van der Waals surface area contributed by atoms with Crippen LogP contribution < -0.4 is 5.32 Å². The van der Waals surface area contributed by atoms with Gasteiger partial charge in [0.1, 0.15) is 0 Å². The number of likely N-dealkylation sites (tertiary alicyclic amines) is 3. The van der Waals surface area contributed by atoms with Gasteiger partial charge in [-0.3, -0.25) is 14.5 Å². The minimum Gasteiger partial charge on any atom is -0.380 e. The van der Waals surface area contributed by atoms with Gasteiger partial charge in [0.05, 0.1) is 29.7 Å². The number of amides is 2. The van der Waals surface area contributed by atoms with E-state index >= 15 is 0 Å². The molecule has 0 aliphatic carbocycles. The van der Waals surface area contributed by atoms with E-state index < -0.39 is 36.4 Å². The summed E-state index contributed by atoms with van der Waals surface area (Å²) in [6, 6.07) is 10.2. The minimum absolute atomic E-state index is 0. The van der Waals surface area contributed by atoms with Crippen molar-refractivity contribution in [1.82, 2.24) is 14.7 Å². The molecule has 0 unspecified atom stereocenters. The van der Waals surface area contributed by atoms with E-state index in [0.29, 0.717) is 29.7 Å². The highest BCUT2D eigenvalue weighted by Crippen LogP contribution is 2.34. The zero-order chi connectivity index (χ0) is 28.1. The Kier molecular flexibility index (Phi) is 9.19. The van der Waals surface area contributed by atoms with Gasteiger partial charge in [-0.1, -0.05) is 34.8 Å². The van der Waals surface area contributed by atoms with Gasteiger partial charge < -0.3 is 20.2 Å². The number of alkyl halides is 2. The van der Waals surface area contributed by atoms with E-state index in [-0.39, 0.29) is 35.1 Å². The van der Waals surface area contributed by atoms with E-state index in [1.54, 1.807) is 35.2 Å². The van der Waals surface area contributed by atoms with E-state index in [1.807, 2.05) is 0 Å². The molecule has 0 radical (unpaired) electrons. The average Bonchev–Trinajstić information content (AvgIpc) is 2.85. The molecule has 7 nitrogen and oxygen atoms in total. The second-order valence-electron chi connectivity index (χ2n) is 10.7. The number of halogens is 5. The predicted octanol–water partition coefficient (Wildman–Crippen LogP) is 4.85. The van der Waals surface area contributed by atoms with Crippen LogP contribution in [0.2, 0.25) is 15.1 Å². The van der Waals surface area contributed by atoms with Crippen LogP contribution in [0.1, 0.15) is 35.7 Å². The van der Waals surface area contributed by atoms with Crippen LogP contribution in [0.4, 0.5) is 14.5 Å². The molecule has 13 heteroatoms. The SMILES string of the molecule is C[C@@](O)(C(=O)N1CCC(N2CC(Nc3ccc(C(=O)N4CC(F)(F)C4)c(Cl)c3)C2)CC1)c1cc(Cl)ccc1Cl.S. The molecule has 1 atom stereocenters. The standard InChI is InChI=1S/C27H29Cl3F2N4O3.H2S/c1-26(39,21-10-16(28)2-5-22(21)29)25(38)34-8-6-19(7-9-34)35-12-18(13-35)33-17-3-4-20(23(30)11-17)24(37)36-14-27(31,32)15-36;/h2-5,10-11,18-19,33,39H,6-9,12-15H2,1H3;1H2/t26-;/m0./s1. The van der Waals surface area contributed by atoms with Crippen LogP contribution in [-0.4, -0.2) is 88.9 Å². The van der Waals surface area contributed by atoms with Gasteiger partial charge >= 0.3 is 0 Å². The molecule has 3 heterocycles. The van der Waals surface area contributed by atoms with Crippen LogP contribution in [0.3, 0.4) is 0 Å². The second-order valence-corrected chi connectivity index (χ2v) is 12.0. The minimum atomic E-state index is -2.82. The highest BCUT2D eigenvalue weighted by atomic mass is 35.5. The Bertz CT molecular complexity index is 1280. The lowest BCUT2D eigenvalue weighted by molar-refractivity contribution is -0.152. The number of benzene rings is 2. The van der Waals surface area contributed by atoms with Crippen molar-refractivity contribution in [2.75, 3.05) is 44.6 Å². The zero-order valence-electron chi connectivity index (χ0n) is 21.8. The van der Waals surface area contributed by atoms with Crippen LogP contribution in [0.5, 0.6) is 0 Å². The number of anilines is 1. The van der Waals surface area contributed by atoms with Gasteiger partial charge in [-0.15, -0.1) is 0 Å². The molecular formula is C27H31Cl3F2N4O3S. The number of hydrogen-bond donors (Lipinski definition) is 2. The lowest BCUT2D eigenvalue weighted by atomic mass is 9.92. The van der Waals surface area contributed by atoms with Crippen molar-refractivity contribution in [3.05, 3.63) is 62.6 Å². The summed E-state index contributed by atoms with van der Waals surface area (Å²) in [5, 5.41) is 15.4. The predicted molar refractivity (Wildman–Crippen MR) is 157 cm³/mol. The molecule has 40 heavy (non-hydrogen) atoms. The van der Waals surface area contributed by atoms with E-state index in [4.69, 9.17) is 34.8 Å². The third-order valence-electron chi connectivity index (χ3n) is 7.75. The van der Waals surface area contributed by atoms with Crippen LogP contribution in [0.25, 0.3) is 0 Å². The molecule has 0 aromatic heterocycles. The number of hydrogen-bond acceptors (Lipinski definition) is 5. The lowest BCUT2D eigenvalue weighted by Crippen LogP contribution is -2.61. The molecule has 218 valence electrons. The molecule has 2 aromatic rings. The first-order valence-corrected chi connectivity index (χ1v) is 13.9. The van der Waals surface area contributed by atoms with Gasteiger partial charge in [-0.2, -0.15) is 13.5 Å². The number of carbonyl (C=O) groups is 2. The Labute approximate surface area is 253 Å². The largest absolute Gasteiger partial charge is 0.380 e. The average molecular weight is 636 g/mol. The normalized spacial score (nSPS) is 21.1. The maximum atomic E-state index is 13.2. The summed E-state index contributed by atoms with van der Waals surface area (Å²) >= 11 is 18.6. The van der Waals surface area contributed by atoms with E-state index in [1.165, 1.54) is 13.0 Å². The lowest BCUT2D eigenvalue weighted by Gasteiger charge is -2.48. The number of piperidine rings is 1. The Morgan fingerprint density at radius 2 is 1.65 bits per heavy atom. The highest BCUT2D eigenvalue weighted by Gasteiger charge is 2.47. The van der Waals surface area contributed by atoms with Gasteiger partial charge in [-0.25, -0.2) is 8.78 Å². The van der Waals surface area contributed by atoms with E-state index in [0.717, 1.165) is 36.5 Å². The fourth-order valence-corrected chi connectivity index (χ4v) is 6.21. The third-order valence-corrected chi connectivity index (χ3v) is 8.63. The van der Waals surface area contributed by atoms with E-state index in [2.05, 4.69) is 10.2 Å². The first-order chi connectivity index (χ1) is 18.3. The number of aliphatic hydroxyl groups is 1. The van der Waals surface area contributed by atoms with Crippen molar-refractivity contribution in [2.45, 2.75) is 43.4 Å². The number of rotatable bonds is 6. The Balaban J connectivity index is 0.00000370. The van der Waals surface area contributed by atoms with Gasteiger partial charge in [0.15, 0.2) is 5.60 Å². The van der Waals surface area contributed by atoms with E-state index in [9.17, 15) is 23.5 Å². The molecule has 3 saturated heterocycles. The summed E-state index contributed by atoms with van der Waals surface area (Å²) in [4.78, 5) is 30.7. The molecule has 3 aliphatic rings. The van der Waals surface area contributed by atoms with Gasteiger partial charge in [0.2, 0.25) is 0 Å². The summed E-state index contributed by atoms with van der Waals surface area (Å²) in [5.41, 5.74) is -0.508. The number of nitrogens with zero attached hydrogens (tertiary/aromatic N) is 3. The van der Waals surface area contributed by atoms with Crippen LogP contribution in [-0.2, 0) is 10.4 Å². The molecular weight excluding hydrogens is 605 g/mol. The Morgan fingerprint density at radius 3 is 2.25 bits per heavy atom. The molecule has 0 spiro atoms. The summed E-state index contributed by atoms with van der Waals surface area (Å²) < 4.78 is 26.2. The molecule has 3 aliphatic heterocycles. The van der Waals surface area contributed by atoms with Crippen molar-refractivity contribution in [3.8, 4) is 0 Å². The smallest absolute Gasteiger partial charge is 0.282 e. The topological polar surface area (TPSA) is 76.1 Å². The third kappa shape index (κ3) is 6.32. The quantitative estimate of drug-likeness (QED) is 0.475. The van der Waals surface area contributed by atoms with Crippen molar-refractivity contribution in [2.24, 2.45) is 0 Å². The second kappa shape index (κ2) is 11.8. The Morgan fingerprint density at radius 1 is 1.00 bits per heavy atom. The monoisotopic (exact) mass is 634 g/mol. The first-order valence-electron chi connectivity index (χ1n) is 12.8. The van der Waals surface area contributed by atoms with Crippen LogP contribution >= 0.6 is 48.3 Å². The molecule has 0 bridgehead atoms. The first kappa shape index (κ1) is 31.1. The molecule has 5 rings (SSSR count). The summed E-state index contributed by atoms with van der Waals surface area (Å²) in [5.74, 6) is -3.71. The van der Waals surface area contributed by atoms with Crippen molar-refractivity contribution >= 4 is 65.8 Å². The van der Waals surface area contributed by atoms with Gasteiger partial charge in [-0.05, 0) is 56.2 Å². The summed E-state index contributed by atoms with van der Waals surface area (Å²) in [6.45, 7) is 2.97. The summed E-state index contributed by atoms with van der Waals surface area (Å²) in [6.07, 6.45) is 1.58. The Hall–Kier alpha value is -1.82. The molecule has 2 amide bonds. The number of carbonyl (C=O) groups excluding carboxylic acids is 2.